The van der Waals surface area contributed by atoms with Crippen molar-refractivity contribution in [2.24, 2.45) is 4.99 Å². The van der Waals surface area contributed by atoms with Crippen LogP contribution in [0.25, 0.3) is 16.8 Å². The van der Waals surface area contributed by atoms with Crippen LogP contribution in [0.2, 0.25) is 0 Å². The summed E-state index contributed by atoms with van der Waals surface area (Å²) in [6, 6.07) is 26.7. The lowest BCUT2D eigenvalue weighted by molar-refractivity contribution is -0.139. The Kier molecular flexibility index (Phi) is 7.54. The number of ether oxygens (including phenoxy) is 2. The molecule has 0 amide bonds. The number of nitrogens with zero attached hydrogens (tertiary/aromatic N) is 2. The summed E-state index contributed by atoms with van der Waals surface area (Å²) >= 11 is 1.23. The van der Waals surface area contributed by atoms with Crippen molar-refractivity contribution < 1.29 is 18.7 Å². The minimum absolute atomic E-state index is 0.170. The van der Waals surface area contributed by atoms with Crippen LogP contribution in [-0.4, -0.2) is 17.1 Å². The average molecular weight is 579 g/mol. The van der Waals surface area contributed by atoms with E-state index in [0.717, 1.165) is 21.9 Å². The Labute approximate surface area is 245 Å². The minimum atomic E-state index is -0.815. The van der Waals surface area contributed by atoms with Gasteiger partial charge < -0.3 is 9.47 Å². The normalized spacial score (nSPS) is 14.9. The van der Waals surface area contributed by atoms with E-state index in [1.807, 2.05) is 72.8 Å². The molecule has 1 aromatic heterocycles. The highest BCUT2D eigenvalue weighted by atomic mass is 32.1. The number of carbonyl (C=O) groups excluding carboxylic acids is 1. The summed E-state index contributed by atoms with van der Waals surface area (Å²) in [5, 5.41) is 1.94. The van der Waals surface area contributed by atoms with Gasteiger partial charge in [-0.2, -0.15) is 0 Å². The summed E-state index contributed by atoms with van der Waals surface area (Å²) in [5.74, 6) is -0.335. The third-order valence-electron chi connectivity index (χ3n) is 7.15. The third-order valence-corrected chi connectivity index (χ3v) is 8.13. The molecule has 1 aliphatic rings. The third kappa shape index (κ3) is 5.17. The van der Waals surface area contributed by atoms with Crippen molar-refractivity contribution in [3.8, 4) is 5.75 Å². The van der Waals surface area contributed by atoms with Gasteiger partial charge >= 0.3 is 5.97 Å². The lowest BCUT2D eigenvalue weighted by Crippen LogP contribution is -2.39. The van der Waals surface area contributed by atoms with Gasteiger partial charge in [0, 0.05) is 5.56 Å². The zero-order chi connectivity index (χ0) is 29.2. The zero-order valence-corrected chi connectivity index (χ0v) is 23.9. The molecule has 1 atom stereocenters. The molecule has 0 fully saturated rings. The van der Waals surface area contributed by atoms with E-state index < -0.39 is 17.8 Å². The molecule has 0 N–H and O–H groups in total. The SMILES string of the molecule is CCOC(=O)C1=C(C)N=c2s/c(=C\c3c(OCc4ccccc4)ccc4ccccc34)c(=O)n2[C@H]1c1ccc(F)cc1. The summed E-state index contributed by atoms with van der Waals surface area (Å²) in [7, 11) is 0. The van der Waals surface area contributed by atoms with Crippen molar-refractivity contribution in [2.45, 2.75) is 26.5 Å². The molecular formula is C34H27FN2O4S. The predicted molar refractivity (Wildman–Crippen MR) is 162 cm³/mol. The van der Waals surface area contributed by atoms with E-state index in [1.165, 1.54) is 28.0 Å². The number of hydrogen-bond acceptors (Lipinski definition) is 6. The first kappa shape index (κ1) is 27.4. The number of hydrogen-bond donors (Lipinski definition) is 0. The summed E-state index contributed by atoms with van der Waals surface area (Å²) in [6.45, 7) is 3.98. The number of allylic oxidation sites excluding steroid dienone is 1. The van der Waals surface area contributed by atoms with Crippen molar-refractivity contribution in [3.63, 3.8) is 0 Å². The zero-order valence-electron chi connectivity index (χ0n) is 23.0. The Morgan fingerprint density at radius 1 is 1.00 bits per heavy atom. The summed E-state index contributed by atoms with van der Waals surface area (Å²) in [4.78, 5) is 32.3. The van der Waals surface area contributed by atoms with Crippen LogP contribution in [0, 0.1) is 5.82 Å². The molecule has 0 saturated heterocycles. The number of carbonyl (C=O) groups is 1. The molecule has 2 heterocycles. The lowest BCUT2D eigenvalue weighted by atomic mass is 9.96. The molecule has 42 heavy (non-hydrogen) atoms. The van der Waals surface area contributed by atoms with Gasteiger partial charge in [-0.1, -0.05) is 84.1 Å². The van der Waals surface area contributed by atoms with Gasteiger partial charge in [0.1, 0.15) is 18.2 Å². The van der Waals surface area contributed by atoms with E-state index in [2.05, 4.69) is 4.99 Å². The summed E-state index contributed by atoms with van der Waals surface area (Å²) in [6.07, 6.45) is 1.83. The highest BCUT2D eigenvalue weighted by Gasteiger charge is 2.33. The van der Waals surface area contributed by atoms with E-state index in [9.17, 15) is 14.0 Å². The van der Waals surface area contributed by atoms with Crippen LogP contribution in [0.15, 0.2) is 112 Å². The van der Waals surface area contributed by atoms with E-state index in [0.29, 0.717) is 33.0 Å². The number of thiazole rings is 1. The van der Waals surface area contributed by atoms with E-state index in [1.54, 1.807) is 26.0 Å². The van der Waals surface area contributed by atoms with Crippen molar-refractivity contribution in [1.82, 2.24) is 4.57 Å². The predicted octanol–water partition coefficient (Wildman–Crippen LogP) is 5.67. The summed E-state index contributed by atoms with van der Waals surface area (Å²) in [5.41, 5.74) is 2.76. The van der Waals surface area contributed by atoms with Crippen LogP contribution in [0.5, 0.6) is 5.75 Å². The molecule has 4 aromatic carbocycles. The molecule has 0 radical (unpaired) electrons. The van der Waals surface area contributed by atoms with Crippen molar-refractivity contribution in [1.29, 1.82) is 0 Å². The monoisotopic (exact) mass is 578 g/mol. The van der Waals surface area contributed by atoms with Gasteiger partial charge in [0.15, 0.2) is 4.80 Å². The van der Waals surface area contributed by atoms with Gasteiger partial charge in [-0.05, 0) is 60.0 Å². The molecule has 0 saturated carbocycles. The van der Waals surface area contributed by atoms with E-state index >= 15 is 0 Å². The standard InChI is InChI=1S/C34H27FN2O4S/c1-3-40-33(39)30-21(2)36-34-37(31(30)24-13-16-25(35)17-14-24)32(38)29(42-34)19-27-26-12-8-7-11-23(26)15-18-28(27)41-20-22-9-5-4-6-10-22/h4-19,31H,3,20H2,1-2H3/b29-19-/t31-/m0/s1. The van der Waals surface area contributed by atoms with E-state index in [-0.39, 0.29) is 17.7 Å². The van der Waals surface area contributed by atoms with Crippen LogP contribution in [-0.2, 0) is 16.1 Å². The Morgan fingerprint density at radius 3 is 2.50 bits per heavy atom. The second-order valence-electron chi connectivity index (χ2n) is 9.83. The molecule has 5 aromatic rings. The van der Waals surface area contributed by atoms with Crippen LogP contribution in [0.4, 0.5) is 4.39 Å². The second-order valence-corrected chi connectivity index (χ2v) is 10.8. The Morgan fingerprint density at radius 2 is 1.74 bits per heavy atom. The Bertz CT molecular complexity index is 2010. The fourth-order valence-electron chi connectivity index (χ4n) is 5.17. The van der Waals surface area contributed by atoms with Gasteiger partial charge in [0.25, 0.3) is 5.56 Å². The lowest BCUT2D eigenvalue weighted by Gasteiger charge is -2.24. The van der Waals surface area contributed by atoms with E-state index in [4.69, 9.17) is 9.47 Å². The Balaban J connectivity index is 1.53. The van der Waals surface area contributed by atoms with Gasteiger partial charge in [-0.15, -0.1) is 0 Å². The largest absolute Gasteiger partial charge is 0.488 e. The molecule has 8 heteroatoms. The number of esters is 1. The number of halogens is 1. The molecule has 0 aliphatic carbocycles. The quantitative estimate of drug-likeness (QED) is 0.234. The molecule has 0 spiro atoms. The smallest absolute Gasteiger partial charge is 0.338 e. The first-order chi connectivity index (χ1) is 20.4. The average Bonchev–Trinajstić information content (AvgIpc) is 3.31. The van der Waals surface area contributed by atoms with Crippen molar-refractivity contribution in [3.05, 3.63) is 144 Å². The molecule has 6 rings (SSSR count). The number of benzene rings is 4. The maximum Gasteiger partial charge on any atom is 0.338 e. The molecule has 210 valence electrons. The van der Waals surface area contributed by atoms with Gasteiger partial charge in [0.05, 0.1) is 28.5 Å². The molecule has 1 aliphatic heterocycles. The maximum atomic E-state index is 14.1. The topological polar surface area (TPSA) is 69.9 Å². The first-order valence-corrected chi connectivity index (χ1v) is 14.4. The van der Waals surface area contributed by atoms with Crippen LogP contribution in [0.3, 0.4) is 0 Å². The van der Waals surface area contributed by atoms with Gasteiger partial charge in [0.2, 0.25) is 0 Å². The van der Waals surface area contributed by atoms with Crippen LogP contribution in [0.1, 0.15) is 36.6 Å². The van der Waals surface area contributed by atoms with Crippen LogP contribution < -0.4 is 19.6 Å². The van der Waals surface area contributed by atoms with Crippen LogP contribution >= 0.6 is 11.3 Å². The second kappa shape index (κ2) is 11.6. The van der Waals surface area contributed by atoms with Gasteiger partial charge in [-0.3, -0.25) is 9.36 Å². The maximum absolute atomic E-state index is 14.1. The summed E-state index contributed by atoms with van der Waals surface area (Å²) < 4.78 is 27.4. The fourth-order valence-corrected chi connectivity index (χ4v) is 6.20. The first-order valence-electron chi connectivity index (χ1n) is 13.6. The number of aromatic nitrogens is 1. The molecule has 0 unspecified atom stereocenters. The number of fused-ring (bicyclic) bond motifs is 2. The Hall–Kier alpha value is -4.82. The molecular weight excluding hydrogens is 551 g/mol. The number of rotatable bonds is 7. The molecule has 6 nitrogen and oxygen atoms in total. The minimum Gasteiger partial charge on any atom is -0.488 e. The van der Waals surface area contributed by atoms with Gasteiger partial charge in [-0.25, -0.2) is 14.2 Å². The van der Waals surface area contributed by atoms with Crippen molar-refractivity contribution >= 4 is 34.2 Å². The highest BCUT2D eigenvalue weighted by molar-refractivity contribution is 7.07. The fraction of sp³-hybridized carbons (Fsp3) is 0.147. The van der Waals surface area contributed by atoms with Crippen molar-refractivity contribution in [2.75, 3.05) is 6.61 Å². The highest BCUT2D eigenvalue weighted by Crippen LogP contribution is 2.32. The molecule has 0 bridgehead atoms.